The summed E-state index contributed by atoms with van der Waals surface area (Å²) in [6, 6.07) is 9.73. The van der Waals surface area contributed by atoms with Crippen molar-refractivity contribution in [3.63, 3.8) is 0 Å². The van der Waals surface area contributed by atoms with Crippen LogP contribution in [0.25, 0.3) is 11.4 Å². The number of nitrogens with zero attached hydrogens (tertiary/aromatic N) is 3. The van der Waals surface area contributed by atoms with Gasteiger partial charge in [0.25, 0.3) is 0 Å². The summed E-state index contributed by atoms with van der Waals surface area (Å²) in [4.78, 5) is 13.0. The minimum Gasteiger partial charge on any atom is -0.368 e. The lowest BCUT2D eigenvalue weighted by Crippen LogP contribution is -2.28. The summed E-state index contributed by atoms with van der Waals surface area (Å²) in [5.41, 5.74) is 6.19. The van der Waals surface area contributed by atoms with Gasteiger partial charge in [-0.15, -0.1) is 0 Å². The number of hydrogen-bond donors (Lipinski definition) is 1. The van der Waals surface area contributed by atoms with E-state index >= 15 is 0 Å². The molecule has 0 aliphatic rings. The molecule has 0 aliphatic carbocycles. The van der Waals surface area contributed by atoms with Crippen molar-refractivity contribution < 1.29 is 4.74 Å². The van der Waals surface area contributed by atoms with Crippen LogP contribution in [0, 0.1) is 0 Å². The van der Waals surface area contributed by atoms with Gasteiger partial charge in [-0.2, -0.15) is 9.97 Å². The summed E-state index contributed by atoms with van der Waals surface area (Å²) in [7, 11) is 0. The molecule has 1 aromatic heterocycles. The van der Waals surface area contributed by atoms with E-state index in [1.807, 2.05) is 51.1 Å². The van der Waals surface area contributed by atoms with Crippen LogP contribution in [0.5, 0.6) is 0 Å². The van der Waals surface area contributed by atoms with Gasteiger partial charge in [0.2, 0.25) is 5.95 Å². The number of nitrogen functional groups attached to an aromatic ring is 1. The van der Waals surface area contributed by atoms with Crippen LogP contribution in [-0.2, 0) is 10.3 Å². The highest BCUT2D eigenvalue weighted by Crippen LogP contribution is 2.27. The molecule has 5 nitrogen and oxygen atoms in total. The Morgan fingerprint density at radius 2 is 1.80 bits per heavy atom. The number of aromatic nitrogens is 3. The summed E-state index contributed by atoms with van der Waals surface area (Å²) >= 11 is 0. The van der Waals surface area contributed by atoms with E-state index in [-0.39, 0.29) is 5.95 Å². The number of ether oxygens (including phenoxy) is 1. The quantitative estimate of drug-likeness (QED) is 0.906. The maximum atomic E-state index is 5.83. The minimum absolute atomic E-state index is 0.216. The van der Waals surface area contributed by atoms with Crippen molar-refractivity contribution in [2.45, 2.75) is 32.8 Å². The van der Waals surface area contributed by atoms with E-state index in [2.05, 4.69) is 15.0 Å². The van der Waals surface area contributed by atoms with E-state index in [1.165, 1.54) is 0 Å². The number of rotatable bonds is 5. The Kier molecular flexibility index (Phi) is 4.29. The Hall–Kier alpha value is -2.01. The topological polar surface area (TPSA) is 73.9 Å². The molecule has 2 N–H and O–H groups in total. The average Bonchev–Trinajstić information content (AvgIpc) is 2.47. The molecular weight excluding hydrogens is 252 g/mol. The lowest BCUT2D eigenvalue weighted by molar-refractivity contribution is -0.0389. The van der Waals surface area contributed by atoms with Crippen molar-refractivity contribution in [3.8, 4) is 11.4 Å². The third kappa shape index (κ3) is 2.93. The van der Waals surface area contributed by atoms with Crippen LogP contribution in [0.2, 0.25) is 0 Å². The molecule has 1 unspecified atom stereocenters. The first-order chi connectivity index (χ1) is 9.59. The molecule has 2 aromatic rings. The molecular formula is C15H20N4O. The molecule has 1 aromatic carbocycles. The maximum Gasteiger partial charge on any atom is 0.223 e. The van der Waals surface area contributed by atoms with Crippen LogP contribution in [-0.4, -0.2) is 21.6 Å². The molecule has 0 bridgehead atoms. The Labute approximate surface area is 119 Å². The van der Waals surface area contributed by atoms with Crippen molar-refractivity contribution in [1.82, 2.24) is 15.0 Å². The Morgan fingerprint density at radius 1 is 1.10 bits per heavy atom. The van der Waals surface area contributed by atoms with Gasteiger partial charge in [0.1, 0.15) is 5.60 Å². The van der Waals surface area contributed by atoms with E-state index < -0.39 is 5.60 Å². The predicted octanol–water partition coefficient (Wildman–Crippen LogP) is 2.78. The molecule has 1 heterocycles. The zero-order valence-corrected chi connectivity index (χ0v) is 12.1. The van der Waals surface area contributed by atoms with Crippen LogP contribution in [0.15, 0.2) is 30.3 Å². The molecule has 20 heavy (non-hydrogen) atoms. The smallest absolute Gasteiger partial charge is 0.223 e. The number of benzene rings is 1. The van der Waals surface area contributed by atoms with Gasteiger partial charge < -0.3 is 10.5 Å². The Balaban J connectivity index is 2.49. The van der Waals surface area contributed by atoms with Crippen molar-refractivity contribution >= 4 is 5.95 Å². The molecule has 0 fully saturated rings. The molecule has 106 valence electrons. The van der Waals surface area contributed by atoms with Crippen molar-refractivity contribution in [3.05, 3.63) is 36.2 Å². The van der Waals surface area contributed by atoms with Gasteiger partial charge in [-0.05, 0) is 20.3 Å². The lowest BCUT2D eigenvalue weighted by atomic mass is 10.0. The van der Waals surface area contributed by atoms with Crippen LogP contribution >= 0.6 is 0 Å². The van der Waals surface area contributed by atoms with Gasteiger partial charge in [-0.3, -0.25) is 0 Å². The SMILES string of the molecule is CCOC(C)(CC)c1nc(N)nc(-c2ccccc2)n1. The average molecular weight is 272 g/mol. The summed E-state index contributed by atoms with van der Waals surface area (Å²) in [5.74, 6) is 1.37. The highest BCUT2D eigenvalue weighted by Gasteiger charge is 2.29. The fraction of sp³-hybridized carbons (Fsp3) is 0.400. The minimum atomic E-state index is -0.546. The molecule has 2 rings (SSSR count). The van der Waals surface area contributed by atoms with E-state index in [4.69, 9.17) is 10.5 Å². The third-order valence-corrected chi connectivity index (χ3v) is 3.30. The molecule has 0 saturated carbocycles. The van der Waals surface area contributed by atoms with Crippen molar-refractivity contribution in [2.75, 3.05) is 12.3 Å². The van der Waals surface area contributed by atoms with E-state index in [0.29, 0.717) is 18.3 Å². The molecule has 1 atom stereocenters. The zero-order valence-electron chi connectivity index (χ0n) is 12.1. The van der Waals surface area contributed by atoms with E-state index in [1.54, 1.807) is 0 Å². The second-order valence-corrected chi connectivity index (χ2v) is 4.72. The Bertz CT molecular complexity index is 573. The van der Waals surface area contributed by atoms with Gasteiger partial charge in [-0.1, -0.05) is 37.3 Å². The summed E-state index contributed by atoms with van der Waals surface area (Å²) < 4.78 is 5.80. The first kappa shape index (κ1) is 14.4. The summed E-state index contributed by atoms with van der Waals surface area (Å²) in [6.45, 7) is 6.56. The lowest BCUT2D eigenvalue weighted by Gasteiger charge is -2.26. The monoisotopic (exact) mass is 272 g/mol. The number of nitrogens with two attached hydrogens (primary N) is 1. The molecule has 0 amide bonds. The second kappa shape index (κ2) is 5.96. The normalized spacial score (nSPS) is 13.9. The van der Waals surface area contributed by atoms with Gasteiger partial charge in [0, 0.05) is 12.2 Å². The summed E-state index contributed by atoms with van der Waals surface area (Å²) in [5, 5.41) is 0. The van der Waals surface area contributed by atoms with Crippen molar-refractivity contribution in [2.24, 2.45) is 0 Å². The molecule has 0 saturated heterocycles. The van der Waals surface area contributed by atoms with Gasteiger partial charge in [0.15, 0.2) is 11.6 Å². The van der Waals surface area contributed by atoms with Crippen LogP contribution < -0.4 is 5.73 Å². The largest absolute Gasteiger partial charge is 0.368 e. The zero-order chi connectivity index (χ0) is 14.6. The van der Waals surface area contributed by atoms with Crippen LogP contribution in [0.3, 0.4) is 0 Å². The van der Waals surface area contributed by atoms with Gasteiger partial charge in [0.05, 0.1) is 0 Å². The molecule has 5 heteroatoms. The third-order valence-electron chi connectivity index (χ3n) is 3.30. The maximum absolute atomic E-state index is 5.83. The Morgan fingerprint density at radius 3 is 2.40 bits per heavy atom. The highest BCUT2D eigenvalue weighted by molar-refractivity contribution is 5.55. The second-order valence-electron chi connectivity index (χ2n) is 4.72. The first-order valence-electron chi connectivity index (χ1n) is 6.80. The molecule has 0 radical (unpaired) electrons. The van der Waals surface area contributed by atoms with Crippen LogP contribution in [0.4, 0.5) is 5.95 Å². The molecule has 0 aliphatic heterocycles. The summed E-state index contributed by atoms with van der Waals surface area (Å²) in [6.07, 6.45) is 0.762. The van der Waals surface area contributed by atoms with Gasteiger partial charge >= 0.3 is 0 Å². The predicted molar refractivity (Wildman–Crippen MR) is 78.9 cm³/mol. The van der Waals surface area contributed by atoms with E-state index in [9.17, 15) is 0 Å². The van der Waals surface area contributed by atoms with Crippen LogP contribution in [0.1, 0.15) is 33.0 Å². The molecule has 0 spiro atoms. The standard InChI is InChI=1S/C15H20N4O/c1-4-15(3,20-5-2)13-17-12(18-14(16)19-13)11-9-7-6-8-10-11/h6-10H,4-5H2,1-3H3,(H2,16,17,18,19). The highest BCUT2D eigenvalue weighted by atomic mass is 16.5. The van der Waals surface area contributed by atoms with E-state index in [0.717, 1.165) is 12.0 Å². The van der Waals surface area contributed by atoms with Gasteiger partial charge in [-0.25, -0.2) is 4.98 Å². The first-order valence-corrected chi connectivity index (χ1v) is 6.80. The number of hydrogen-bond acceptors (Lipinski definition) is 5. The van der Waals surface area contributed by atoms with Crippen molar-refractivity contribution in [1.29, 1.82) is 0 Å². The fourth-order valence-electron chi connectivity index (χ4n) is 1.99. The number of anilines is 1. The fourth-order valence-corrected chi connectivity index (χ4v) is 1.99.